The van der Waals surface area contributed by atoms with Crippen molar-refractivity contribution in [2.75, 3.05) is 13.1 Å². The molecular weight excluding hydrogens is 194 g/mol. The van der Waals surface area contributed by atoms with Gasteiger partial charge in [-0.25, -0.2) is 4.79 Å². The summed E-state index contributed by atoms with van der Waals surface area (Å²) in [6, 6.07) is 8.73. The molecule has 1 aromatic carbocycles. The van der Waals surface area contributed by atoms with E-state index in [2.05, 4.69) is 0 Å². The molecule has 0 saturated carbocycles. The fraction of sp³-hybridized carbons (Fsp3) is 0.273. The first kappa shape index (κ1) is 9.86. The topological polar surface area (TPSA) is 46.6 Å². The third-order valence-corrected chi connectivity index (χ3v) is 2.21. The number of benzene rings is 1. The second-order valence-electron chi connectivity index (χ2n) is 3.40. The van der Waals surface area contributed by atoms with Crippen LogP contribution in [-0.2, 0) is 9.63 Å². The van der Waals surface area contributed by atoms with Gasteiger partial charge in [0, 0.05) is 13.0 Å². The Hall–Kier alpha value is -1.68. The van der Waals surface area contributed by atoms with Crippen LogP contribution >= 0.6 is 0 Å². The maximum absolute atomic E-state index is 11.5. The maximum Gasteiger partial charge on any atom is 0.357 e. The summed E-state index contributed by atoms with van der Waals surface area (Å²) in [4.78, 5) is 27.5. The van der Waals surface area contributed by atoms with E-state index in [0.717, 1.165) is 0 Å². The van der Waals surface area contributed by atoms with Gasteiger partial charge in [0.05, 0.1) is 12.1 Å². The zero-order valence-corrected chi connectivity index (χ0v) is 8.18. The van der Waals surface area contributed by atoms with Crippen molar-refractivity contribution in [1.82, 2.24) is 5.06 Å². The van der Waals surface area contributed by atoms with Gasteiger partial charge >= 0.3 is 5.97 Å². The van der Waals surface area contributed by atoms with Gasteiger partial charge in [-0.3, -0.25) is 4.79 Å². The molecule has 0 N–H and O–H groups in total. The molecule has 1 heterocycles. The quantitative estimate of drug-likeness (QED) is 0.723. The number of ketones is 1. The van der Waals surface area contributed by atoms with E-state index in [9.17, 15) is 9.59 Å². The Morgan fingerprint density at radius 3 is 2.60 bits per heavy atom. The fourth-order valence-corrected chi connectivity index (χ4v) is 1.43. The summed E-state index contributed by atoms with van der Waals surface area (Å²) in [5.74, 6) is -0.304. The smallest absolute Gasteiger partial charge is 0.357 e. The average molecular weight is 205 g/mol. The Kier molecular flexibility index (Phi) is 2.78. The Bertz CT molecular complexity index is 375. The van der Waals surface area contributed by atoms with Crippen LogP contribution in [0.3, 0.4) is 0 Å². The number of carbonyl (C=O) groups is 2. The van der Waals surface area contributed by atoms with Crippen LogP contribution in [0.2, 0.25) is 0 Å². The van der Waals surface area contributed by atoms with Gasteiger partial charge in [-0.05, 0) is 12.1 Å². The lowest BCUT2D eigenvalue weighted by Crippen LogP contribution is -2.25. The zero-order chi connectivity index (χ0) is 10.7. The molecule has 0 atom stereocenters. The Balaban J connectivity index is 1.96. The standard InChI is InChI=1S/C11H11NO3/c13-10-6-7-12(8-10)15-11(14)9-4-2-1-3-5-9/h1-5H,6-8H2. The van der Waals surface area contributed by atoms with Crippen LogP contribution in [0.5, 0.6) is 0 Å². The van der Waals surface area contributed by atoms with Crippen LogP contribution in [-0.4, -0.2) is 29.9 Å². The average Bonchev–Trinajstić information content (AvgIpc) is 2.65. The van der Waals surface area contributed by atoms with E-state index in [-0.39, 0.29) is 12.3 Å². The predicted molar refractivity (Wildman–Crippen MR) is 53.1 cm³/mol. The number of hydroxylamine groups is 2. The van der Waals surface area contributed by atoms with Crippen molar-refractivity contribution < 1.29 is 14.4 Å². The molecule has 15 heavy (non-hydrogen) atoms. The van der Waals surface area contributed by atoms with Gasteiger partial charge in [0.2, 0.25) is 0 Å². The number of carbonyl (C=O) groups excluding carboxylic acids is 2. The summed E-state index contributed by atoms with van der Waals surface area (Å²) < 4.78 is 0. The van der Waals surface area contributed by atoms with E-state index in [1.54, 1.807) is 24.3 Å². The highest BCUT2D eigenvalue weighted by molar-refractivity contribution is 5.89. The third kappa shape index (κ3) is 2.41. The predicted octanol–water partition coefficient (Wildman–Crippen LogP) is 1.03. The Labute approximate surface area is 87.4 Å². The minimum Gasteiger partial charge on any atom is -0.363 e. The van der Waals surface area contributed by atoms with Gasteiger partial charge in [0.1, 0.15) is 0 Å². The Morgan fingerprint density at radius 1 is 1.27 bits per heavy atom. The molecule has 1 aliphatic rings. The molecule has 0 aromatic heterocycles. The fourth-order valence-electron chi connectivity index (χ4n) is 1.43. The summed E-state index contributed by atoms with van der Waals surface area (Å²) in [6.07, 6.45) is 0.460. The van der Waals surface area contributed by atoms with Crippen LogP contribution < -0.4 is 0 Å². The van der Waals surface area contributed by atoms with Gasteiger partial charge in [-0.1, -0.05) is 18.2 Å². The number of hydrogen-bond donors (Lipinski definition) is 0. The van der Waals surface area contributed by atoms with E-state index < -0.39 is 5.97 Å². The number of rotatable bonds is 2. The lowest BCUT2D eigenvalue weighted by Gasteiger charge is -2.12. The van der Waals surface area contributed by atoms with Gasteiger partial charge in [-0.2, -0.15) is 0 Å². The van der Waals surface area contributed by atoms with Crippen molar-refractivity contribution in [2.24, 2.45) is 0 Å². The maximum atomic E-state index is 11.5. The molecule has 0 bridgehead atoms. The second kappa shape index (κ2) is 4.23. The molecule has 4 heteroatoms. The molecule has 0 aliphatic carbocycles. The van der Waals surface area contributed by atoms with Crippen molar-refractivity contribution in [1.29, 1.82) is 0 Å². The van der Waals surface area contributed by atoms with Gasteiger partial charge < -0.3 is 4.84 Å². The van der Waals surface area contributed by atoms with Gasteiger partial charge in [0.15, 0.2) is 5.78 Å². The molecule has 1 fully saturated rings. The normalized spacial score (nSPS) is 16.7. The number of hydrogen-bond acceptors (Lipinski definition) is 4. The van der Waals surface area contributed by atoms with Gasteiger partial charge in [-0.15, -0.1) is 5.06 Å². The minimum absolute atomic E-state index is 0.107. The van der Waals surface area contributed by atoms with Crippen LogP contribution in [0.1, 0.15) is 16.8 Å². The lowest BCUT2D eigenvalue weighted by atomic mass is 10.2. The van der Waals surface area contributed by atoms with Crippen molar-refractivity contribution in [2.45, 2.75) is 6.42 Å². The molecular formula is C11H11NO3. The van der Waals surface area contributed by atoms with Crippen molar-refractivity contribution >= 4 is 11.8 Å². The van der Waals surface area contributed by atoms with Crippen LogP contribution in [0.25, 0.3) is 0 Å². The first-order valence-corrected chi connectivity index (χ1v) is 4.80. The van der Waals surface area contributed by atoms with E-state index in [1.165, 1.54) is 5.06 Å². The minimum atomic E-state index is -0.412. The summed E-state index contributed by atoms with van der Waals surface area (Å²) in [5, 5.41) is 1.40. The SMILES string of the molecule is O=C1CCN(OC(=O)c2ccccc2)C1. The first-order valence-electron chi connectivity index (χ1n) is 4.80. The van der Waals surface area contributed by atoms with Crippen molar-refractivity contribution in [3.63, 3.8) is 0 Å². The number of nitrogens with zero attached hydrogens (tertiary/aromatic N) is 1. The second-order valence-corrected chi connectivity index (χ2v) is 3.40. The van der Waals surface area contributed by atoms with Crippen molar-refractivity contribution in [3.8, 4) is 0 Å². The highest BCUT2D eigenvalue weighted by Crippen LogP contribution is 2.08. The zero-order valence-electron chi connectivity index (χ0n) is 8.18. The van der Waals surface area contributed by atoms with Gasteiger partial charge in [0.25, 0.3) is 0 Å². The van der Waals surface area contributed by atoms with E-state index in [4.69, 9.17) is 4.84 Å². The molecule has 0 spiro atoms. The highest BCUT2D eigenvalue weighted by Gasteiger charge is 2.23. The molecule has 2 rings (SSSR count). The highest BCUT2D eigenvalue weighted by atomic mass is 16.7. The lowest BCUT2D eigenvalue weighted by molar-refractivity contribution is -0.123. The molecule has 78 valence electrons. The third-order valence-electron chi connectivity index (χ3n) is 2.21. The summed E-state index contributed by atoms with van der Waals surface area (Å²) in [7, 11) is 0. The van der Waals surface area contributed by atoms with E-state index >= 15 is 0 Å². The molecule has 0 radical (unpaired) electrons. The van der Waals surface area contributed by atoms with Crippen molar-refractivity contribution in [3.05, 3.63) is 35.9 Å². The molecule has 1 aliphatic heterocycles. The Morgan fingerprint density at radius 2 is 2.00 bits per heavy atom. The summed E-state index contributed by atoms with van der Waals surface area (Å²) in [6.45, 7) is 0.704. The molecule has 4 nitrogen and oxygen atoms in total. The van der Waals surface area contributed by atoms with Crippen LogP contribution in [0.4, 0.5) is 0 Å². The van der Waals surface area contributed by atoms with E-state index in [1.807, 2.05) is 6.07 Å². The monoisotopic (exact) mass is 205 g/mol. The van der Waals surface area contributed by atoms with E-state index in [0.29, 0.717) is 18.5 Å². The van der Waals surface area contributed by atoms with Crippen LogP contribution in [0, 0.1) is 0 Å². The molecule has 0 amide bonds. The largest absolute Gasteiger partial charge is 0.363 e. The molecule has 1 saturated heterocycles. The first-order chi connectivity index (χ1) is 7.25. The summed E-state index contributed by atoms with van der Waals surface area (Å²) in [5.41, 5.74) is 0.497. The number of Topliss-reactive ketones (excluding diaryl/α,β-unsaturated/α-hetero) is 1. The van der Waals surface area contributed by atoms with Crippen LogP contribution in [0.15, 0.2) is 30.3 Å². The molecule has 0 unspecified atom stereocenters. The molecule has 1 aromatic rings. The summed E-state index contributed by atoms with van der Waals surface area (Å²) >= 11 is 0.